The van der Waals surface area contributed by atoms with Crippen LogP contribution in [0.2, 0.25) is 0 Å². The van der Waals surface area contributed by atoms with Gasteiger partial charge in [-0.2, -0.15) is 0 Å². The van der Waals surface area contributed by atoms with E-state index in [0.29, 0.717) is 18.9 Å². The number of nitrogens with zero attached hydrogens (tertiary/aromatic N) is 1. The summed E-state index contributed by atoms with van der Waals surface area (Å²) in [4.78, 5) is 4.40. The Morgan fingerprint density at radius 3 is 2.50 bits per heavy atom. The minimum atomic E-state index is 0.517. The van der Waals surface area contributed by atoms with Gasteiger partial charge in [-0.3, -0.25) is 0 Å². The van der Waals surface area contributed by atoms with Crippen LogP contribution >= 0.6 is 0 Å². The van der Waals surface area contributed by atoms with Crippen molar-refractivity contribution in [3.05, 3.63) is 60.3 Å². The Bertz CT molecular complexity index is 866. The lowest BCUT2D eigenvalue weighted by Gasteiger charge is -2.10. The first-order valence-corrected chi connectivity index (χ1v) is 7.56. The first-order chi connectivity index (χ1) is 11.8. The molecule has 2 aromatic carbocycles. The molecule has 0 bridgehead atoms. The molecule has 4 nitrogen and oxygen atoms in total. The van der Waals surface area contributed by atoms with E-state index in [1.807, 2.05) is 54.6 Å². The van der Waals surface area contributed by atoms with Crippen molar-refractivity contribution in [1.82, 2.24) is 4.98 Å². The van der Waals surface area contributed by atoms with Gasteiger partial charge < -0.3 is 14.2 Å². The monoisotopic (exact) mass is 319 g/mol. The maximum Gasteiger partial charge on any atom is 0.136 e. The molecule has 120 valence electrons. The van der Waals surface area contributed by atoms with Crippen molar-refractivity contribution in [2.24, 2.45) is 0 Å². The molecule has 0 fully saturated rings. The number of ether oxygens (including phenoxy) is 3. The fourth-order valence-corrected chi connectivity index (χ4v) is 2.27. The molecule has 3 rings (SSSR count). The van der Waals surface area contributed by atoms with Gasteiger partial charge in [0.1, 0.15) is 29.5 Å². The molecule has 0 spiro atoms. The zero-order valence-corrected chi connectivity index (χ0v) is 13.4. The van der Waals surface area contributed by atoms with Crippen LogP contribution in [-0.4, -0.2) is 25.3 Å². The van der Waals surface area contributed by atoms with Crippen LogP contribution < -0.4 is 9.47 Å². The molecule has 0 atom stereocenters. The van der Waals surface area contributed by atoms with E-state index in [1.54, 1.807) is 7.11 Å². The van der Waals surface area contributed by atoms with Gasteiger partial charge in [-0.1, -0.05) is 12.0 Å². The molecule has 4 heteroatoms. The predicted molar refractivity (Wildman–Crippen MR) is 93.6 cm³/mol. The topological polar surface area (TPSA) is 40.6 Å². The number of fused-ring (bicyclic) bond motifs is 1. The maximum absolute atomic E-state index is 5.97. The largest absolute Gasteiger partial charge is 0.491 e. The molecule has 0 aliphatic rings. The molecule has 0 radical (unpaired) electrons. The smallest absolute Gasteiger partial charge is 0.136 e. The average molecular weight is 319 g/mol. The van der Waals surface area contributed by atoms with Gasteiger partial charge in [0.2, 0.25) is 0 Å². The highest BCUT2D eigenvalue weighted by molar-refractivity contribution is 5.85. The van der Waals surface area contributed by atoms with E-state index < -0.39 is 0 Å². The summed E-state index contributed by atoms with van der Waals surface area (Å²) < 4.78 is 16.5. The van der Waals surface area contributed by atoms with E-state index in [4.69, 9.17) is 20.6 Å². The van der Waals surface area contributed by atoms with Crippen LogP contribution in [0.25, 0.3) is 10.9 Å². The molecule has 0 amide bonds. The molecule has 3 aromatic rings. The van der Waals surface area contributed by atoms with Crippen LogP contribution in [0.4, 0.5) is 0 Å². The Hall–Kier alpha value is -3.03. The number of pyridine rings is 1. The van der Waals surface area contributed by atoms with Crippen molar-refractivity contribution in [2.45, 2.75) is 0 Å². The lowest BCUT2D eigenvalue weighted by molar-refractivity contribution is 0.146. The van der Waals surface area contributed by atoms with Gasteiger partial charge in [0.05, 0.1) is 12.1 Å². The summed E-state index contributed by atoms with van der Waals surface area (Å²) in [7, 11) is 1.64. The number of aromatic nitrogens is 1. The van der Waals surface area contributed by atoms with Gasteiger partial charge in [0.15, 0.2) is 0 Å². The fourth-order valence-electron chi connectivity index (χ4n) is 2.27. The quantitative estimate of drug-likeness (QED) is 0.508. The fraction of sp³-hybridized carbons (Fsp3) is 0.150. The van der Waals surface area contributed by atoms with E-state index in [-0.39, 0.29) is 0 Å². The molecule has 24 heavy (non-hydrogen) atoms. The first-order valence-electron chi connectivity index (χ1n) is 7.56. The number of benzene rings is 2. The maximum atomic E-state index is 5.97. The van der Waals surface area contributed by atoms with Crippen LogP contribution in [0.5, 0.6) is 17.2 Å². The number of hydrogen-bond acceptors (Lipinski definition) is 4. The zero-order valence-electron chi connectivity index (χ0n) is 13.4. The molecule has 0 unspecified atom stereocenters. The lowest BCUT2D eigenvalue weighted by atomic mass is 10.2. The van der Waals surface area contributed by atoms with Crippen LogP contribution in [0, 0.1) is 12.3 Å². The highest BCUT2D eigenvalue weighted by Crippen LogP contribution is 2.30. The SMILES string of the molecule is C#Cc1ccc2c(Oc3ccc(OCCOC)cc3)cccc2n1. The summed E-state index contributed by atoms with van der Waals surface area (Å²) in [5, 5.41) is 0.914. The third kappa shape index (κ3) is 3.65. The number of rotatable bonds is 6. The molecule has 1 aromatic heterocycles. The Labute approximate surface area is 141 Å². The molecule has 0 saturated carbocycles. The molecule has 0 aliphatic carbocycles. The molecule has 0 N–H and O–H groups in total. The minimum Gasteiger partial charge on any atom is -0.491 e. The van der Waals surface area contributed by atoms with E-state index in [0.717, 1.165) is 28.2 Å². The van der Waals surface area contributed by atoms with Crippen LogP contribution in [0.15, 0.2) is 54.6 Å². The predicted octanol–water partition coefficient (Wildman–Crippen LogP) is 4.03. The summed E-state index contributed by atoms with van der Waals surface area (Å²) in [6.07, 6.45) is 5.40. The van der Waals surface area contributed by atoms with Crippen LogP contribution in [0.1, 0.15) is 5.69 Å². The number of hydrogen-bond donors (Lipinski definition) is 0. The van der Waals surface area contributed by atoms with Gasteiger partial charge in [0.25, 0.3) is 0 Å². The van der Waals surface area contributed by atoms with Gasteiger partial charge >= 0.3 is 0 Å². The molecule has 0 aliphatic heterocycles. The Morgan fingerprint density at radius 2 is 1.75 bits per heavy atom. The summed E-state index contributed by atoms with van der Waals surface area (Å²) in [5.74, 6) is 4.77. The van der Waals surface area contributed by atoms with Gasteiger partial charge in [-0.15, -0.1) is 6.42 Å². The van der Waals surface area contributed by atoms with Gasteiger partial charge in [-0.25, -0.2) is 4.98 Å². The van der Waals surface area contributed by atoms with Crippen molar-refractivity contribution < 1.29 is 14.2 Å². The molecular weight excluding hydrogens is 302 g/mol. The molecule has 0 saturated heterocycles. The highest BCUT2D eigenvalue weighted by atomic mass is 16.5. The molecular formula is C20H17NO3. The Kier molecular flexibility index (Phi) is 4.95. The lowest BCUT2D eigenvalue weighted by Crippen LogP contribution is -2.03. The van der Waals surface area contributed by atoms with E-state index in [9.17, 15) is 0 Å². The summed E-state index contributed by atoms with van der Waals surface area (Å²) in [6.45, 7) is 1.07. The third-order valence-corrected chi connectivity index (χ3v) is 3.45. The third-order valence-electron chi connectivity index (χ3n) is 3.45. The van der Waals surface area contributed by atoms with Crippen LogP contribution in [-0.2, 0) is 4.74 Å². The van der Waals surface area contributed by atoms with Crippen molar-refractivity contribution in [1.29, 1.82) is 0 Å². The van der Waals surface area contributed by atoms with E-state index >= 15 is 0 Å². The van der Waals surface area contributed by atoms with Crippen molar-refractivity contribution in [3.8, 4) is 29.6 Å². The number of terminal acetylenes is 1. The van der Waals surface area contributed by atoms with Crippen molar-refractivity contribution in [2.75, 3.05) is 20.3 Å². The van der Waals surface area contributed by atoms with E-state index in [1.165, 1.54) is 0 Å². The summed E-state index contributed by atoms with van der Waals surface area (Å²) >= 11 is 0. The second-order valence-electron chi connectivity index (χ2n) is 5.08. The van der Waals surface area contributed by atoms with E-state index in [2.05, 4.69) is 10.9 Å². The minimum absolute atomic E-state index is 0.517. The Morgan fingerprint density at radius 1 is 0.958 bits per heavy atom. The van der Waals surface area contributed by atoms with Gasteiger partial charge in [0, 0.05) is 12.5 Å². The second kappa shape index (κ2) is 7.49. The summed E-state index contributed by atoms with van der Waals surface area (Å²) in [6, 6.07) is 16.9. The van der Waals surface area contributed by atoms with Crippen molar-refractivity contribution in [3.63, 3.8) is 0 Å². The summed E-state index contributed by atoms with van der Waals surface area (Å²) in [5.41, 5.74) is 1.42. The highest BCUT2D eigenvalue weighted by Gasteiger charge is 2.05. The van der Waals surface area contributed by atoms with Gasteiger partial charge in [-0.05, 0) is 48.5 Å². The Balaban J connectivity index is 1.78. The average Bonchev–Trinajstić information content (AvgIpc) is 2.63. The molecule has 1 heterocycles. The van der Waals surface area contributed by atoms with Crippen LogP contribution in [0.3, 0.4) is 0 Å². The normalized spacial score (nSPS) is 10.3. The standard InChI is InChI=1S/C20H17NO3/c1-3-15-7-12-18-19(21-15)5-4-6-20(18)24-17-10-8-16(9-11-17)23-14-13-22-2/h1,4-12H,13-14H2,2H3. The second-order valence-corrected chi connectivity index (χ2v) is 5.08. The first kappa shape index (κ1) is 15.9. The van der Waals surface area contributed by atoms with Crippen molar-refractivity contribution >= 4 is 10.9 Å². The number of methoxy groups -OCH3 is 1. The zero-order chi connectivity index (χ0) is 16.8.